The minimum Gasteiger partial charge on any atom is -0.487 e. The Morgan fingerprint density at radius 2 is 1.58 bits per heavy atom. The largest absolute Gasteiger partial charge is 0.487 e. The zero-order valence-corrected chi connectivity index (χ0v) is 17.2. The van der Waals surface area contributed by atoms with Gasteiger partial charge in [0.1, 0.15) is 11.4 Å². The van der Waals surface area contributed by atoms with E-state index in [9.17, 15) is 0 Å². The summed E-state index contributed by atoms with van der Waals surface area (Å²) in [5.74, 6) is 0.828. The van der Waals surface area contributed by atoms with E-state index in [0.29, 0.717) is 0 Å². The summed E-state index contributed by atoms with van der Waals surface area (Å²) in [5, 5.41) is 0. The molecule has 0 bridgehead atoms. The molecule has 0 N–H and O–H groups in total. The molecule has 3 nitrogen and oxygen atoms in total. The van der Waals surface area contributed by atoms with Crippen molar-refractivity contribution >= 4 is 0 Å². The summed E-state index contributed by atoms with van der Waals surface area (Å²) in [5.41, 5.74) is 1.25. The fraction of sp³-hybridized carbons (Fsp3) is 0.762. The van der Waals surface area contributed by atoms with E-state index in [-0.39, 0.29) is 22.5 Å². The van der Waals surface area contributed by atoms with E-state index in [1.54, 1.807) is 0 Å². The van der Waals surface area contributed by atoms with Crippen LogP contribution in [0.3, 0.4) is 0 Å². The van der Waals surface area contributed by atoms with Crippen molar-refractivity contribution in [2.24, 2.45) is 10.8 Å². The van der Waals surface area contributed by atoms with Gasteiger partial charge in [0.2, 0.25) is 0 Å². The zero-order chi connectivity index (χ0) is 18.6. The third-order valence-electron chi connectivity index (χ3n) is 3.65. The number of hydrogen-bond donors (Lipinski definition) is 0. The van der Waals surface area contributed by atoms with E-state index in [1.165, 1.54) is 0 Å². The molecule has 3 heteroatoms. The van der Waals surface area contributed by atoms with Crippen LogP contribution in [0, 0.1) is 10.8 Å². The van der Waals surface area contributed by atoms with Crippen molar-refractivity contribution in [1.29, 1.82) is 0 Å². The second-order valence-corrected chi connectivity index (χ2v) is 9.74. The summed E-state index contributed by atoms with van der Waals surface area (Å²) in [7, 11) is 0. The van der Waals surface area contributed by atoms with E-state index in [1.807, 2.05) is 33.0 Å². The van der Waals surface area contributed by atoms with Gasteiger partial charge in [-0.15, -0.1) is 0 Å². The average molecular weight is 336 g/mol. The predicted molar refractivity (Wildman–Crippen MR) is 102 cm³/mol. The molecule has 0 aliphatic carbocycles. The quantitative estimate of drug-likeness (QED) is 0.613. The van der Waals surface area contributed by atoms with Crippen molar-refractivity contribution < 1.29 is 9.47 Å². The Balaban J connectivity index is 2.66. The first-order valence-corrected chi connectivity index (χ1v) is 9.04. The highest BCUT2D eigenvalue weighted by molar-refractivity contribution is 5.21. The van der Waals surface area contributed by atoms with E-state index < -0.39 is 0 Å². The van der Waals surface area contributed by atoms with Crippen LogP contribution < -0.4 is 4.74 Å². The summed E-state index contributed by atoms with van der Waals surface area (Å²) in [6.45, 7) is 20.3. The summed E-state index contributed by atoms with van der Waals surface area (Å²) < 4.78 is 11.7. The van der Waals surface area contributed by atoms with Gasteiger partial charge < -0.3 is 9.47 Å². The van der Waals surface area contributed by atoms with Gasteiger partial charge in [0.05, 0.1) is 18.9 Å². The number of ether oxygens (including phenoxy) is 2. The minimum absolute atomic E-state index is 0.156. The van der Waals surface area contributed by atoms with Gasteiger partial charge in [0, 0.05) is 5.69 Å². The maximum Gasteiger partial charge on any atom is 0.138 e. The number of rotatable bonds is 8. The van der Waals surface area contributed by atoms with Gasteiger partial charge >= 0.3 is 0 Å². The molecule has 0 aromatic carbocycles. The molecule has 0 aliphatic heterocycles. The van der Waals surface area contributed by atoms with Crippen LogP contribution in [0.15, 0.2) is 18.3 Å². The van der Waals surface area contributed by atoms with E-state index in [4.69, 9.17) is 9.47 Å². The van der Waals surface area contributed by atoms with Gasteiger partial charge in [-0.2, -0.15) is 0 Å². The summed E-state index contributed by atoms with van der Waals surface area (Å²) in [4.78, 5) is 4.60. The van der Waals surface area contributed by atoms with Crippen molar-refractivity contribution in [2.75, 3.05) is 6.61 Å². The lowest BCUT2D eigenvalue weighted by atomic mass is 9.73. The zero-order valence-electron chi connectivity index (χ0n) is 17.2. The molecule has 1 aromatic rings. The Kier molecular flexibility index (Phi) is 6.86. The lowest BCUT2D eigenvalue weighted by Gasteiger charge is -2.35. The van der Waals surface area contributed by atoms with Crippen LogP contribution in [-0.4, -0.2) is 23.3 Å². The first-order valence-electron chi connectivity index (χ1n) is 9.04. The lowest BCUT2D eigenvalue weighted by molar-refractivity contribution is 0.00325. The third kappa shape index (κ3) is 8.68. The molecule has 1 aromatic heterocycles. The number of nitrogens with zero attached hydrogens (tertiary/aromatic N) is 1. The molecule has 0 aliphatic rings. The molecule has 0 unspecified atom stereocenters. The van der Waals surface area contributed by atoms with Gasteiger partial charge in [-0.05, 0) is 70.4 Å². The van der Waals surface area contributed by atoms with Crippen LogP contribution in [0.25, 0.3) is 0 Å². The van der Waals surface area contributed by atoms with Gasteiger partial charge in [0.25, 0.3) is 0 Å². The fourth-order valence-corrected chi connectivity index (χ4v) is 3.22. The van der Waals surface area contributed by atoms with Crippen molar-refractivity contribution in [3.63, 3.8) is 0 Å². The van der Waals surface area contributed by atoms with Gasteiger partial charge in [-0.25, -0.2) is 0 Å². The Labute approximate surface area is 149 Å². The van der Waals surface area contributed by atoms with Crippen molar-refractivity contribution in [2.45, 2.75) is 86.9 Å². The smallest absolute Gasteiger partial charge is 0.138 e. The van der Waals surface area contributed by atoms with Crippen molar-refractivity contribution in [3.8, 4) is 5.75 Å². The van der Waals surface area contributed by atoms with Crippen LogP contribution in [0.1, 0.15) is 74.4 Å². The van der Waals surface area contributed by atoms with Crippen LogP contribution in [0.2, 0.25) is 0 Å². The van der Waals surface area contributed by atoms with Crippen LogP contribution in [0.4, 0.5) is 0 Å². The Hall–Kier alpha value is -1.09. The molecule has 0 spiro atoms. The van der Waals surface area contributed by atoms with Crippen LogP contribution in [-0.2, 0) is 11.2 Å². The highest BCUT2D eigenvalue weighted by Crippen LogP contribution is 2.36. The van der Waals surface area contributed by atoms with Crippen molar-refractivity contribution in [3.05, 3.63) is 24.0 Å². The molecule has 1 rings (SSSR count). The first kappa shape index (κ1) is 21.0. The summed E-state index contributed by atoms with van der Waals surface area (Å²) in [6, 6.07) is 4.11. The van der Waals surface area contributed by atoms with Gasteiger partial charge in [-0.3, -0.25) is 4.98 Å². The second kappa shape index (κ2) is 7.86. The third-order valence-corrected chi connectivity index (χ3v) is 3.65. The Morgan fingerprint density at radius 3 is 2.04 bits per heavy atom. The number of pyridine rings is 1. The predicted octanol–water partition coefficient (Wildman–Crippen LogP) is 5.67. The second-order valence-electron chi connectivity index (χ2n) is 9.74. The molecular formula is C21H37NO2. The Bertz CT molecular complexity index is 496. The molecule has 0 saturated heterocycles. The highest BCUT2D eigenvalue weighted by Gasteiger charge is 2.30. The SMILES string of the molecule is CC(C)OCC(C)(C)CC(C)(C)Cc1ccc(OC(C)(C)C)cn1. The molecule has 1 heterocycles. The molecule has 0 fully saturated rings. The van der Waals surface area contributed by atoms with Crippen LogP contribution in [0.5, 0.6) is 5.75 Å². The molecule has 0 radical (unpaired) electrons. The number of hydrogen-bond acceptors (Lipinski definition) is 3. The summed E-state index contributed by atoms with van der Waals surface area (Å²) in [6.07, 6.45) is 4.16. The first-order chi connectivity index (χ1) is 10.8. The van der Waals surface area contributed by atoms with Gasteiger partial charge in [0.15, 0.2) is 0 Å². The van der Waals surface area contributed by atoms with Crippen LogP contribution >= 0.6 is 0 Å². The molecule has 24 heavy (non-hydrogen) atoms. The minimum atomic E-state index is -0.192. The number of aromatic nitrogens is 1. The Morgan fingerprint density at radius 1 is 0.958 bits per heavy atom. The van der Waals surface area contributed by atoms with E-state index in [2.05, 4.69) is 52.6 Å². The molecule has 0 saturated carbocycles. The monoisotopic (exact) mass is 335 g/mol. The van der Waals surface area contributed by atoms with E-state index >= 15 is 0 Å². The molecule has 0 amide bonds. The topological polar surface area (TPSA) is 31.4 Å². The molecule has 0 atom stereocenters. The molecular weight excluding hydrogens is 298 g/mol. The average Bonchev–Trinajstić information content (AvgIpc) is 2.35. The van der Waals surface area contributed by atoms with Gasteiger partial charge in [-0.1, -0.05) is 27.7 Å². The van der Waals surface area contributed by atoms with Crippen molar-refractivity contribution in [1.82, 2.24) is 4.98 Å². The maximum absolute atomic E-state index is 5.84. The normalized spacial score (nSPS) is 13.4. The summed E-state index contributed by atoms with van der Waals surface area (Å²) >= 11 is 0. The highest BCUT2D eigenvalue weighted by atomic mass is 16.5. The maximum atomic E-state index is 5.84. The molecule has 138 valence electrons. The standard InChI is InChI=1S/C21H37NO2/c1-16(2)23-15-21(8,9)14-20(6,7)12-17-10-11-18(13-22-17)24-19(3,4)5/h10-11,13,16H,12,14-15H2,1-9H3. The lowest BCUT2D eigenvalue weighted by Crippen LogP contribution is -2.30. The fourth-order valence-electron chi connectivity index (χ4n) is 3.22. The van der Waals surface area contributed by atoms with E-state index in [0.717, 1.165) is 30.9 Å².